The first-order valence-corrected chi connectivity index (χ1v) is 15.4. The van der Waals surface area contributed by atoms with E-state index in [-0.39, 0.29) is 40.3 Å². The Hall–Kier alpha value is -1.21. The molecule has 4 aliphatic carbocycles. The van der Waals surface area contributed by atoms with Crippen molar-refractivity contribution in [1.29, 1.82) is 0 Å². The summed E-state index contributed by atoms with van der Waals surface area (Å²) in [6.45, 7) is 10.7. The van der Waals surface area contributed by atoms with Gasteiger partial charge in [0.1, 0.15) is 0 Å². The Labute approximate surface area is 217 Å². The van der Waals surface area contributed by atoms with E-state index in [1.165, 1.54) is 12.8 Å². The van der Waals surface area contributed by atoms with Gasteiger partial charge < -0.3 is 10.2 Å². The van der Waals surface area contributed by atoms with Crippen LogP contribution in [0.25, 0.3) is 0 Å². The van der Waals surface area contributed by atoms with Crippen LogP contribution in [0.2, 0.25) is 0 Å². The summed E-state index contributed by atoms with van der Waals surface area (Å²) >= 11 is 0. The Morgan fingerprint density at radius 1 is 1.06 bits per heavy atom. The van der Waals surface area contributed by atoms with Crippen molar-refractivity contribution in [2.45, 2.75) is 89.2 Å². The highest BCUT2D eigenvalue weighted by atomic mass is 32.2. The maximum atomic E-state index is 12.9. The molecule has 5 nitrogen and oxygen atoms in total. The summed E-state index contributed by atoms with van der Waals surface area (Å²) in [5, 5.41) is 22.0. The van der Waals surface area contributed by atoms with Crippen LogP contribution in [0.1, 0.15) is 70.8 Å². The predicted molar refractivity (Wildman–Crippen MR) is 141 cm³/mol. The van der Waals surface area contributed by atoms with E-state index in [1.807, 2.05) is 13.0 Å². The van der Waals surface area contributed by atoms with Crippen LogP contribution in [-0.2, 0) is 14.3 Å². The van der Waals surface area contributed by atoms with Gasteiger partial charge >= 0.3 is 0 Å². The summed E-state index contributed by atoms with van der Waals surface area (Å²) in [5.74, 6) is 2.07. The maximum absolute atomic E-state index is 12.9. The highest BCUT2D eigenvalue weighted by Gasteiger charge is 2.64. The second-order valence-electron chi connectivity index (χ2n) is 12.8. The lowest BCUT2D eigenvalue weighted by Gasteiger charge is -2.62. The Bertz CT molecular complexity index is 1070. The van der Waals surface area contributed by atoms with Gasteiger partial charge in [0.25, 0.3) is 10.1 Å². The van der Waals surface area contributed by atoms with Gasteiger partial charge in [-0.05, 0) is 105 Å². The molecule has 0 heterocycles. The SMILES string of the molecule is C=C[C@H](COS(=O)(=O)c1ccc(C)cc1)[C@H]1CCC2C3CC[C@@H]4C[C@H](O)CC[C@]4(C)C3C[C@H](O)[C@@]21C. The van der Waals surface area contributed by atoms with Crippen molar-refractivity contribution in [2.24, 2.45) is 46.3 Å². The third-order valence-corrected chi connectivity index (χ3v) is 12.7. The minimum absolute atomic E-state index is 0.0607. The molecule has 200 valence electrons. The smallest absolute Gasteiger partial charge is 0.296 e. The second-order valence-corrected chi connectivity index (χ2v) is 14.5. The topological polar surface area (TPSA) is 83.8 Å². The molecular weight excluding hydrogens is 472 g/mol. The van der Waals surface area contributed by atoms with E-state index in [0.717, 1.165) is 44.1 Å². The minimum atomic E-state index is -3.85. The Morgan fingerprint density at radius 2 is 1.78 bits per heavy atom. The van der Waals surface area contributed by atoms with Crippen molar-refractivity contribution in [3.8, 4) is 0 Å². The first-order valence-electron chi connectivity index (χ1n) is 14.0. The third-order valence-electron chi connectivity index (χ3n) is 11.4. The summed E-state index contributed by atoms with van der Waals surface area (Å²) in [5.41, 5.74) is 0.930. The largest absolute Gasteiger partial charge is 0.393 e. The molecule has 1 aromatic rings. The van der Waals surface area contributed by atoms with Crippen molar-refractivity contribution in [1.82, 2.24) is 0 Å². The Kier molecular flexibility index (Phi) is 6.98. The summed E-state index contributed by atoms with van der Waals surface area (Å²) in [6, 6.07) is 6.74. The van der Waals surface area contributed by atoms with Gasteiger partial charge in [-0.2, -0.15) is 8.42 Å². The van der Waals surface area contributed by atoms with Gasteiger partial charge in [0, 0.05) is 11.3 Å². The van der Waals surface area contributed by atoms with E-state index in [4.69, 9.17) is 4.18 Å². The van der Waals surface area contributed by atoms with Gasteiger partial charge in [-0.1, -0.05) is 37.6 Å². The minimum Gasteiger partial charge on any atom is -0.393 e. The summed E-state index contributed by atoms with van der Waals surface area (Å²) in [6.07, 6.45) is 9.29. The molecule has 36 heavy (non-hydrogen) atoms. The normalized spacial score (nSPS) is 43.2. The van der Waals surface area contributed by atoms with E-state index < -0.39 is 16.2 Å². The van der Waals surface area contributed by atoms with Crippen LogP contribution in [0, 0.1) is 53.3 Å². The molecule has 6 heteroatoms. The van der Waals surface area contributed by atoms with Gasteiger partial charge in [0.2, 0.25) is 0 Å². The molecule has 3 unspecified atom stereocenters. The zero-order chi connectivity index (χ0) is 25.9. The summed E-state index contributed by atoms with van der Waals surface area (Å²) in [4.78, 5) is 0.176. The van der Waals surface area contributed by atoms with E-state index in [2.05, 4.69) is 20.4 Å². The Morgan fingerprint density at radius 3 is 2.47 bits per heavy atom. The molecule has 0 aromatic heterocycles. The van der Waals surface area contributed by atoms with E-state index in [9.17, 15) is 18.6 Å². The van der Waals surface area contributed by atoms with Crippen LogP contribution < -0.4 is 0 Å². The number of benzene rings is 1. The number of aliphatic hydroxyl groups is 2. The summed E-state index contributed by atoms with van der Waals surface area (Å²) < 4.78 is 31.3. The number of aryl methyl sites for hydroxylation is 1. The number of aliphatic hydroxyl groups excluding tert-OH is 2. The number of fused-ring (bicyclic) bond motifs is 5. The van der Waals surface area contributed by atoms with Gasteiger partial charge in [0.05, 0.1) is 23.7 Å². The van der Waals surface area contributed by atoms with Crippen molar-refractivity contribution < 1.29 is 22.8 Å². The lowest BCUT2D eigenvalue weighted by Crippen LogP contribution is -2.59. The van der Waals surface area contributed by atoms with Crippen LogP contribution >= 0.6 is 0 Å². The fraction of sp³-hybridized carbons (Fsp3) is 0.733. The molecule has 0 radical (unpaired) electrons. The van der Waals surface area contributed by atoms with Crippen molar-refractivity contribution >= 4 is 10.1 Å². The van der Waals surface area contributed by atoms with Crippen LogP contribution in [0.4, 0.5) is 0 Å². The fourth-order valence-corrected chi connectivity index (χ4v) is 10.2. The maximum Gasteiger partial charge on any atom is 0.296 e. The first-order chi connectivity index (χ1) is 17.0. The lowest BCUT2D eigenvalue weighted by molar-refractivity contribution is -0.174. The molecule has 1 aromatic carbocycles. The van der Waals surface area contributed by atoms with E-state index in [0.29, 0.717) is 23.7 Å². The molecule has 5 rings (SSSR count). The fourth-order valence-electron chi connectivity index (χ4n) is 9.23. The quantitative estimate of drug-likeness (QED) is 0.386. The standard InChI is InChI=1S/C30H44O5S/c1-5-20(18-35-36(33,34)23-9-6-19(2)7-10-23)25-12-13-26-24-11-8-21-16-22(31)14-15-29(21,3)27(24)17-28(32)30(25,26)4/h5-7,9-10,20-22,24-28,31-32H,1,8,11-18H2,2-4H3/t20-,21-,22-,24?,25-,26?,27?,28+,29+,30-/m1/s1. The van der Waals surface area contributed by atoms with Crippen LogP contribution in [0.15, 0.2) is 41.8 Å². The molecule has 4 aliphatic rings. The van der Waals surface area contributed by atoms with Gasteiger partial charge in [0.15, 0.2) is 0 Å². The molecular formula is C30H44O5S. The van der Waals surface area contributed by atoms with Gasteiger partial charge in [-0.25, -0.2) is 0 Å². The predicted octanol–water partition coefficient (Wildman–Crippen LogP) is 5.49. The average Bonchev–Trinajstić information content (AvgIpc) is 3.20. The van der Waals surface area contributed by atoms with Crippen molar-refractivity contribution in [3.05, 3.63) is 42.5 Å². The molecule has 10 atom stereocenters. The Balaban J connectivity index is 1.34. The monoisotopic (exact) mass is 516 g/mol. The highest BCUT2D eigenvalue weighted by molar-refractivity contribution is 7.86. The number of hydrogen-bond donors (Lipinski definition) is 2. The van der Waals surface area contributed by atoms with Crippen LogP contribution in [0.5, 0.6) is 0 Å². The molecule has 0 bridgehead atoms. The van der Waals surface area contributed by atoms with E-state index in [1.54, 1.807) is 24.3 Å². The number of hydrogen-bond acceptors (Lipinski definition) is 5. The molecule has 4 fully saturated rings. The van der Waals surface area contributed by atoms with Gasteiger partial charge in [-0.3, -0.25) is 4.18 Å². The van der Waals surface area contributed by atoms with Crippen LogP contribution in [0.3, 0.4) is 0 Å². The zero-order valence-corrected chi connectivity index (χ0v) is 22.9. The molecule has 0 spiro atoms. The lowest BCUT2D eigenvalue weighted by atomic mass is 9.43. The summed E-state index contributed by atoms with van der Waals surface area (Å²) in [7, 11) is -3.85. The molecule has 2 N–H and O–H groups in total. The molecule has 0 saturated heterocycles. The van der Waals surface area contributed by atoms with Crippen LogP contribution in [-0.4, -0.2) is 37.4 Å². The first kappa shape index (κ1) is 26.4. The van der Waals surface area contributed by atoms with E-state index >= 15 is 0 Å². The third kappa shape index (κ3) is 4.20. The molecule has 0 aliphatic heterocycles. The number of rotatable bonds is 6. The average molecular weight is 517 g/mol. The molecule has 0 amide bonds. The van der Waals surface area contributed by atoms with Gasteiger partial charge in [-0.15, -0.1) is 6.58 Å². The zero-order valence-electron chi connectivity index (χ0n) is 22.1. The van der Waals surface area contributed by atoms with Crippen molar-refractivity contribution in [3.63, 3.8) is 0 Å². The van der Waals surface area contributed by atoms with Crippen molar-refractivity contribution in [2.75, 3.05) is 6.61 Å². The highest BCUT2D eigenvalue weighted by Crippen LogP contribution is 2.68. The second kappa shape index (κ2) is 9.52. The molecule has 4 saturated carbocycles.